The highest BCUT2D eigenvalue weighted by Crippen LogP contribution is 1.95. The Balaban J connectivity index is 0.000000396. The number of aromatic nitrogens is 1. The first kappa shape index (κ1) is 17.8. The second kappa shape index (κ2) is 8.06. The van der Waals surface area contributed by atoms with Crippen LogP contribution in [0.25, 0.3) is 6.08 Å². The molecule has 6 nitrogen and oxygen atoms in total. The average molecular weight is 282 g/mol. The topological polar surface area (TPSA) is 78.5 Å². The number of likely N-dealkylation sites (N-methyl/N-ethyl adjacent to an activating group) is 1. The van der Waals surface area contributed by atoms with Crippen molar-refractivity contribution in [1.29, 1.82) is 0 Å². The van der Waals surface area contributed by atoms with E-state index in [1.54, 1.807) is 23.0 Å². The molecule has 0 unspecified atom stereocenters. The third kappa shape index (κ3) is 9.78. The molecule has 20 heavy (non-hydrogen) atoms. The van der Waals surface area contributed by atoms with Crippen LogP contribution in [0.4, 0.5) is 0 Å². The second-order valence-corrected chi connectivity index (χ2v) is 5.24. The number of hydrogen-bond acceptors (Lipinski definition) is 2. The van der Waals surface area contributed by atoms with Gasteiger partial charge in [0.1, 0.15) is 0 Å². The molecule has 0 saturated heterocycles. The minimum absolute atomic E-state index is 0.00256. The molecule has 1 rings (SSSR count). The largest absolute Gasteiger partial charge is 0.477 e. The van der Waals surface area contributed by atoms with Crippen LogP contribution < -0.4 is 4.57 Å². The van der Waals surface area contributed by atoms with Gasteiger partial charge in [0, 0.05) is 12.1 Å². The summed E-state index contributed by atoms with van der Waals surface area (Å²) in [5, 5.41) is 16.7. The van der Waals surface area contributed by atoms with Crippen molar-refractivity contribution >= 4 is 18.0 Å². The monoisotopic (exact) mass is 282 g/mol. The maximum absolute atomic E-state index is 10.3. The van der Waals surface area contributed by atoms with Crippen molar-refractivity contribution in [3.8, 4) is 0 Å². The van der Waals surface area contributed by atoms with Gasteiger partial charge in [0.15, 0.2) is 18.9 Å². The van der Waals surface area contributed by atoms with E-state index in [1.165, 1.54) is 0 Å². The van der Waals surface area contributed by atoms with Crippen LogP contribution in [0.5, 0.6) is 0 Å². The van der Waals surface area contributed by atoms with E-state index in [0.29, 0.717) is 4.48 Å². The molecule has 1 aromatic rings. The van der Waals surface area contributed by atoms with E-state index in [0.717, 1.165) is 5.56 Å². The summed E-state index contributed by atoms with van der Waals surface area (Å²) in [4.78, 5) is 20.3. The molecule has 6 heteroatoms. The number of rotatable bonds is 5. The second-order valence-electron chi connectivity index (χ2n) is 5.24. The highest BCUT2D eigenvalue weighted by atomic mass is 16.4. The Labute approximate surface area is 118 Å². The molecule has 110 valence electrons. The highest BCUT2D eigenvalue weighted by molar-refractivity contribution is 5.67. The van der Waals surface area contributed by atoms with Crippen molar-refractivity contribution in [3.63, 3.8) is 0 Å². The lowest BCUT2D eigenvalue weighted by Crippen LogP contribution is -2.39. The number of quaternary nitrogens is 1. The number of aliphatic carboxylic acids is 2. The van der Waals surface area contributed by atoms with Crippen molar-refractivity contribution < 1.29 is 28.9 Å². The van der Waals surface area contributed by atoms with Crippen LogP contribution in [0.1, 0.15) is 5.56 Å². The molecular formula is C14H22N2O4+2. The van der Waals surface area contributed by atoms with Crippen LogP contribution in [0.2, 0.25) is 0 Å². The van der Waals surface area contributed by atoms with Crippen LogP contribution >= 0.6 is 0 Å². The van der Waals surface area contributed by atoms with E-state index >= 15 is 0 Å². The lowest BCUT2D eigenvalue weighted by Gasteiger charge is -2.20. The van der Waals surface area contributed by atoms with Gasteiger partial charge in [-0.3, -0.25) is 0 Å². The molecule has 0 aliphatic heterocycles. The Morgan fingerprint density at radius 2 is 1.70 bits per heavy atom. The number of carboxylic acid groups (broad SMARTS) is 2. The standard InChI is InChI=1S/C9H9NO2.C5H11NO2/c1-2-8-3-5-10(6-4-8)7-9(11)12;1-6(2,3)4-5(7)8/h2-6H,1,7H2;4H2,1-3H3/p+2. The van der Waals surface area contributed by atoms with E-state index in [-0.39, 0.29) is 13.1 Å². The predicted molar refractivity (Wildman–Crippen MR) is 74.9 cm³/mol. The Bertz CT molecular complexity index is 461. The van der Waals surface area contributed by atoms with Gasteiger partial charge in [-0.1, -0.05) is 12.7 Å². The van der Waals surface area contributed by atoms with Gasteiger partial charge in [-0.25, -0.2) is 9.59 Å². The summed E-state index contributed by atoms with van der Waals surface area (Å²) < 4.78 is 2.07. The molecule has 0 amide bonds. The fourth-order valence-electron chi connectivity index (χ4n) is 1.27. The summed E-state index contributed by atoms with van der Waals surface area (Å²) in [6.45, 7) is 3.77. The molecule has 1 aromatic heterocycles. The number of carboxylic acids is 2. The van der Waals surface area contributed by atoms with Gasteiger partial charge in [-0.05, 0) is 5.56 Å². The Kier molecular flexibility index (Phi) is 7.17. The first-order valence-corrected chi connectivity index (χ1v) is 5.99. The quantitative estimate of drug-likeness (QED) is 0.608. The first-order chi connectivity index (χ1) is 9.14. The van der Waals surface area contributed by atoms with Crippen LogP contribution in [0, 0.1) is 0 Å². The number of pyridine rings is 1. The van der Waals surface area contributed by atoms with Gasteiger partial charge in [0.05, 0.1) is 21.1 Å². The fraction of sp³-hybridized carbons (Fsp3) is 0.357. The molecule has 0 aliphatic carbocycles. The molecule has 0 aromatic carbocycles. The van der Waals surface area contributed by atoms with Crippen molar-refractivity contribution in [2.75, 3.05) is 27.7 Å². The maximum Gasteiger partial charge on any atom is 0.370 e. The average Bonchev–Trinajstić information content (AvgIpc) is 2.26. The SMILES string of the molecule is C=Cc1cc[n+](CC(=O)O)cc1.C[N+](C)(C)CC(=O)O. The molecule has 0 bridgehead atoms. The van der Waals surface area contributed by atoms with Gasteiger partial charge < -0.3 is 14.7 Å². The first-order valence-electron chi connectivity index (χ1n) is 5.99. The van der Waals surface area contributed by atoms with Gasteiger partial charge in [-0.2, -0.15) is 4.57 Å². The molecule has 0 spiro atoms. The summed E-state index contributed by atoms with van der Waals surface area (Å²) in [5.41, 5.74) is 0.983. The summed E-state index contributed by atoms with van der Waals surface area (Å²) in [7, 11) is 5.52. The summed E-state index contributed by atoms with van der Waals surface area (Å²) in [5.74, 6) is -1.59. The Hall–Kier alpha value is -2.21. The van der Waals surface area contributed by atoms with E-state index in [9.17, 15) is 9.59 Å². The Morgan fingerprint density at radius 1 is 1.20 bits per heavy atom. The maximum atomic E-state index is 10.3. The van der Waals surface area contributed by atoms with Crippen LogP contribution in [-0.2, 0) is 16.1 Å². The third-order valence-corrected chi connectivity index (χ3v) is 2.08. The zero-order chi connectivity index (χ0) is 15.8. The zero-order valence-electron chi connectivity index (χ0n) is 12.1. The summed E-state index contributed by atoms with van der Waals surface area (Å²) in [6.07, 6.45) is 5.14. The van der Waals surface area contributed by atoms with Crippen LogP contribution in [0.3, 0.4) is 0 Å². The number of nitrogens with zero attached hydrogens (tertiary/aromatic N) is 2. The van der Waals surface area contributed by atoms with E-state index in [4.69, 9.17) is 10.2 Å². The lowest BCUT2D eigenvalue weighted by atomic mass is 10.3. The van der Waals surface area contributed by atoms with Crippen molar-refractivity contribution in [2.24, 2.45) is 0 Å². The van der Waals surface area contributed by atoms with Gasteiger partial charge >= 0.3 is 11.9 Å². The van der Waals surface area contributed by atoms with Crippen molar-refractivity contribution in [3.05, 3.63) is 36.7 Å². The molecule has 0 saturated carbocycles. The minimum atomic E-state index is -0.841. The summed E-state index contributed by atoms with van der Waals surface area (Å²) >= 11 is 0. The molecule has 2 N–H and O–H groups in total. The minimum Gasteiger partial charge on any atom is -0.477 e. The van der Waals surface area contributed by atoms with E-state index in [1.807, 2.05) is 33.3 Å². The normalized spacial score (nSPS) is 10.2. The third-order valence-electron chi connectivity index (χ3n) is 2.08. The number of carbonyl (C=O) groups is 2. The molecule has 0 atom stereocenters. The smallest absolute Gasteiger partial charge is 0.370 e. The predicted octanol–water partition coefficient (Wildman–Crippen LogP) is 0.479. The van der Waals surface area contributed by atoms with Crippen molar-refractivity contribution in [2.45, 2.75) is 6.54 Å². The molecular weight excluding hydrogens is 260 g/mol. The van der Waals surface area contributed by atoms with Crippen molar-refractivity contribution in [1.82, 2.24) is 0 Å². The molecule has 0 radical (unpaired) electrons. The van der Waals surface area contributed by atoms with Gasteiger partial charge in [0.25, 0.3) is 0 Å². The zero-order valence-corrected chi connectivity index (χ0v) is 12.1. The van der Waals surface area contributed by atoms with Gasteiger partial charge in [0.2, 0.25) is 6.54 Å². The van der Waals surface area contributed by atoms with Gasteiger partial charge in [-0.15, -0.1) is 0 Å². The van der Waals surface area contributed by atoms with E-state index < -0.39 is 11.9 Å². The van der Waals surface area contributed by atoms with Crippen LogP contribution in [-0.4, -0.2) is 54.3 Å². The molecule has 0 fully saturated rings. The molecule has 1 heterocycles. The highest BCUT2D eigenvalue weighted by Gasteiger charge is 2.11. The number of hydrogen-bond donors (Lipinski definition) is 2. The van der Waals surface area contributed by atoms with E-state index in [2.05, 4.69) is 6.58 Å². The Morgan fingerprint density at radius 3 is 1.95 bits per heavy atom. The molecule has 0 aliphatic rings. The fourth-order valence-corrected chi connectivity index (χ4v) is 1.27. The lowest BCUT2D eigenvalue weighted by molar-refractivity contribution is -0.862. The summed E-state index contributed by atoms with van der Waals surface area (Å²) in [6, 6.07) is 3.63. The van der Waals surface area contributed by atoms with Crippen LogP contribution in [0.15, 0.2) is 31.1 Å².